The van der Waals surface area contributed by atoms with E-state index in [4.69, 9.17) is 22.9 Å². The molecule has 0 nitrogen and oxygen atoms in total. The standard InChI is InChI=1S/CH2B2Br2Cl2/c4-2(5)1-3(6)7/h1H2. The van der Waals surface area contributed by atoms with Gasteiger partial charge in [0.25, 0.3) is 4.36 Å². The Morgan fingerprint density at radius 2 is 1.71 bits per heavy atom. The van der Waals surface area contributed by atoms with E-state index in [0.29, 0.717) is 0 Å². The molecule has 0 aromatic carbocycles. The third-order valence-corrected chi connectivity index (χ3v) is 1.46. The molecule has 0 aliphatic rings. The van der Waals surface area contributed by atoms with Gasteiger partial charge >= 0.3 is 5.54 Å². The van der Waals surface area contributed by atoms with Gasteiger partial charge in [0, 0.05) is 0 Å². The molecule has 6 heteroatoms. The number of halogens is 4. The van der Waals surface area contributed by atoms with Gasteiger partial charge in [-0.2, -0.15) is 22.9 Å². The summed E-state index contributed by atoms with van der Waals surface area (Å²) in [5, 5.41) is 0. The average Bonchev–Trinajstić information content (AvgIpc) is 1.27. The van der Waals surface area contributed by atoms with Crippen LogP contribution in [0.25, 0.3) is 0 Å². The quantitative estimate of drug-likeness (QED) is 0.674. The van der Waals surface area contributed by atoms with Crippen LogP contribution in [0.2, 0.25) is 6.22 Å². The fourth-order valence-corrected chi connectivity index (χ4v) is 2.10. The van der Waals surface area contributed by atoms with Crippen molar-refractivity contribution in [2.45, 2.75) is 6.22 Å². The molecule has 0 aromatic rings. The molecule has 0 atom stereocenters. The third kappa shape index (κ3) is 7.67. The van der Waals surface area contributed by atoms with Gasteiger partial charge in [0.2, 0.25) is 0 Å². The molecule has 40 valence electrons. The fourth-order valence-electron chi connectivity index (χ4n) is 0.135. The minimum atomic E-state index is -0.274. The smallest absolute Gasteiger partial charge is 0.172 e. The Morgan fingerprint density at radius 3 is 1.71 bits per heavy atom. The second-order valence-corrected chi connectivity index (χ2v) is 5.73. The van der Waals surface area contributed by atoms with Crippen molar-refractivity contribution in [3.8, 4) is 0 Å². The van der Waals surface area contributed by atoms with E-state index in [2.05, 4.69) is 31.5 Å². The van der Waals surface area contributed by atoms with Crippen LogP contribution in [-0.2, 0) is 0 Å². The van der Waals surface area contributed by atoms with Crippen molar-refractivity contribution in [1.82, 2.24) is 0 Å². The van der Waals surface area contributed by atoms with Crippen LogP contribution in [0.5, 0.6) is 0 Å². The second-order valence-electron chi connectivity index (χ2n) is 1.02. The van der Waals surface area contributed by atoms with E-state index in [1.165, 1.54) is 0 Å². The van der Waals surface area contributed by atoms with Crippen LogP contribution in [0.1, 0.15) is 0 Å². The molecule has 0 bridgehead atoms. The highest BCUT2D eigenvalue weighted by molar-refractivity contribution is 9.49. The Balaban J connectivity index is 2.95. The maximum Gasteiger partial charge on any atom is 0.346 e. The Morgan fingerprint density at radius 1 is 1.29 bits per heavy atom. The summed E-state index contributed by atoms with van der Waals surface area (Å²) in [7, 11) is 0. The lowest BCUT2D eigenvalue weighted by molar-refractivity contribution is 2.08. The predicted octanol–water partition coefficient (Wildman–Crippen LogP) is 2.77. The largest absolute Gasteiger partial charge is 0.346 e. The highest BCUT2D eigenvalue weighted by Gasteiger charge is 2.13. The van der Waals surface area contributed by atoms with Crippen LogP contribution in [-0.4, -0.2) is 9.90 Å². The van der Waals surface area contributed by atoms with Crippen molar-refractivity contribution >= 4 is 64.3 Å². The molecular weight excluding hydrogens is 264 g/mol. The van der Waals surface area contributed by atoms with Gasteiger partial charge in [-0.05, 0) is 6.22 Å². The van der Waals surface area contributed by atoms with Gasteiger partial charge in [0.05, 0.1) is 0 Å². The third-order valence-electron chi connectivity index (χ3n) is 0.356. The van der Waals surface area contributed by atoms with E-state index in [1.807, 2.05) is 0 Å². The SMILES string of the molecule is ClB(Cl)CB(Br)Br. The van der Waals surface area contributed by atoms with Crippen LogP contribution < -0.4 is 0 Å². The molecule has 0 fully saturated rings. The molecule has 0 spiro atoms. The summed E-state index contributed by atoms with van der Waals surface area (Å²) in [6.07, 6.45) is 0.725. The molecule has 0 aliphatic heterocycles. The summed E-state index contributed by atoms with van der Waals surface area (Å²) >= 11 is 17.2. The first-order valence-electron chi connectivity index (χ1n) is 1.69. The van der Waals surface area contributed by atoms with Crippen LogP contribution in [0.4, 0.5) is 0 Å². The van der Waals surface area contributed by atoms with Gasteiger partial charge in [-0.15, -0.1) is 31.5 Å². The van der Waals surface area contributed by atoms with E-state index in [0.717, 1.165) is 6.22 Å². The van der Waals surface area contributed by atoms with Gasteiger partial charge < -0.3 is 0 Å². The Bertz CT molecular complexity index is 43.0. The molecule has 0 saturated heterocycles. The molecule has 0 unspecified atom stereocenters. The first kappa shape index (κ1) is 8.67. The Labute approximate surface area is 70.2 Å². The van der Waals surface area contributed by atoms with E-state index >= 15 is 0 Å². The van der Waals surface area contributed by atoms with E-state index in [9.17, 15) is 0 Å². The fraction of sp³-hybridized carbons (Fsp3) is 1.00. The second kappa shape index (κ2) is 4.54. The Kier molecular flexibility index (Phi) is 5.62. The number of hydrogen-bond acceptors (Lipinski definition) is 0. The summed E-state index contributed by atoms with van der Waals surface area (Å²) in [6.45, 7) is 0. The molecule has 7 heavy (non-hydrogen) atoms. The van der Waals surface area contributed by atoms with Gasteiger partial charge in [-0.3, -0.25) is 0 Å². The van der Waals surface area contributed by atoms with E-state index < -0.39 is 0 Å². The summed E-state index contributed by atoms with van der Waals surface area (Å²) in [5.41, 5.74) is -0.274. The van der Waals surface area contributed by atoms with Crippen molar-refractivity contribution in [2.75, 3.05) is 0 Å². The topological polar surface area (TPSA) is 0 Å². The maximum atomic E-state index is 5.38. The van der Waals surface area contributed by atoms with Crippen LogP contribution in [0, 0.1) is 0 Å². The average molecular weight is 266 g/mol. The first-order chi connectivity index (χ1) is 3.13. The van der Waals surface area contributed by atoms with Crippen LogP contribution in [0.15, 0.2) is 0 Å². The van der Waals surface area contributed by atoms with Crippen molar-refractivity contribution in [3.63, 3.8) is 0 Å². The van der Waals surface area contributed by atoms with Gasteiger partial charge in [-0.25, -0.2) is 0 Å². The highest BCUT2D eigenvalue weighted by Crippen LogP contribution is 2.14. The summed E-state index contributed by atoms with van der Waals surface area (Å²) in [6, 6.07) is 0. The molecule has 0 radical (unpaired) electrons. The zero-order valence-electron chi connectivity index (χ0n) is 3.37. The lowest BCUT2D eigenvalue weighted by Gasteiger charge is -1.90. The maximum absolute atomic E-state index is 5.38. The van der Waals surface area contributed by atoms with E-state index in [1.54, 1.807) is 0 Å². The molecule has 0 heterocycles. The summed E-state index contributed by atoms with van der Waals surface area (Å²) < 4.78 is 0.236. The molecule has 0 N–H and O–H groups in total. The molecular formula is CH2B2Br2Cl2. The molecule has 0 aromatic heterocycles. The zero-order chi connectivity index (χ0) is 5.86. The number of hydrogen-bond donors (Lipinski definition) is 0. The van der Waals surface area contributed by atoms with Gasteiger partial charge in [0.15, 0.2) is 0 Å². The predicted molar refractivity (Wildman–Crippen MR) is 45.9 cm³/mol. The van der Waals surface area contributed by atoms with Gasteiger partial charge in [-0.1, -0.05) is 0 Å². The highest BCUT2D eigenvalue weighted by atomic mass is 79.9. The molecule has 0 amide bonds. The number of rotatable bonds is 2. The normalized spacial score (nSPS) is 8.57. The summed E-state index contributed by atoms with van der Waals surface area (Å²) in [4.78, 5) is 0. The van der Waals surface area contributed by atoms with E-state index in [-0.39, 0.29) is 9.90 Å². The van der Waals surface area contributed by atoms with Crippen LogP contribution in [0.3, 0.4) is 0 Å². The van der Waals surface area contributed by atoms with Gasteiger partial charge in [0.1, 0.15) is 0 Å². The van der Waals surface area contributed by atoms with Crippen molar-refractivity contribution in [2.24, 2.45) is 0 Å². The summed E-state index contributed by atoms with van der Waals surface area (Å²) in [5.74, 6) is 0. The first-order valence-corrected chi connectivity index (χ1v) is 4.39. The molecule has 0 aliphatic carbocycles. The molecule has 0 saturated carbocycles. The minimum absolute atomic E-state index is 0.236. The Hall–Kier alpha value is 1.67. The monoisotopic (exact) mass is 264 g/mol. The van der Waals surface area contributed by atoms with Crippen molar-refractivity contribution in [3.05, 3.63) is 0 Å². The zero-order valence-corrected chi connectivity index (χ0v) is 8.06. The van der Waals surface area contributed by atoms with Crippen molar-refractivity contribution < 1.29 is 0 Å². The lowest BCUT2D eigenvalue weighted by atomic mass is 9.84. The molecule has 0 rings (SSSR count). The minimum Gasteiger partial charge on any atom is -0.172 e. The lowest BCUT2D eigenvalue weighted by Crippen LogP contribution is -2.00. The van der Waals surface area contributed by atoms with Crippen molar-refractivity contribution in [1.29, 1.82) is 0 Å². The van der Waals surface area contributed by atoms with Crippen LogP contribution >= 0.6 is 54.4 Å².